The summed E-state index contributed by atoms with van der Waals surface area (Å²) in [7, 11) is 0. The Balaban J connectivity index is 1.03. The molecule has 0 saturated heterocycles. The second-order valence-corrected chi connectivity index (χ2v) is 18.6. The van der Waals surface area contributed by atoms with Crippen LogP contribution in [-0.2, 0) is 5.41 Å². The van der Waals surface area contributed by atoms with Gasteiger partial charge < -0.3 is 4.90 Å². The Morgan fingerprint density at radius 1 is 0.515 bits per heavy atom. The predicted molar refractivity (Wildman–Crippen MR) is 277 cm³/mol. The van der Waals surface area contributed by atoms with Gasteiger partial charge in [0.25, 0.3) is 0 Å². The minimum Gasteiger partial charge on any atom is -0.310 e. The zero-order valence-electron chi connectivity index (χ0n) is 37.2. The molecule has 0 saturated carbocycles. The molecule has 0 amide bonds. The van der Waals surface area contributed by atoms with Crippen LogP contribution < -0.4 is 4.90 Å². The molecule has 2 aromatic heterocycles. The summed E-state index contributed by atoms with van der Waals surface area (Å²) < 4.78 is 2.30. The van der Waals surface area contributed by atoms with E-state index in [9.17, 15) is 0 Å². The normalized spacial score (nSPS) is 15.4. The molecule has 3 heterocycles. The third kappa shape index (κ3) is 5.84. The van der Waals surface area contributed by atoms with Crippen molar-refractivity contribution < 1.29 is 0 Å². The lowest BCUT2D eigenvalue weighted by atomic mass is 9.73. The number of benzene rings is 9. The zero-order valence-corrected chi connectivity index (χ0v) is 37.2. The first-order chi connectivity index (χ1) is 32.4. The second kappa shape index (κ2) is 14.7. The maximum Gasteiger partial charge on any atom is 0.235 e. The topological polar surface area (TPSA) is 34.0 Å². The summed E-state index contributed by atoms with van der Waals surface area (Å²) in [6.07, 6.45) is 8.12. The van der Waals surface area contributed by atoms with Gasteiger partial charge in [0.05, 0.1) is 33.6 Å². The monoisotopic (exact) mass is 846 g/mol. The Hall–Kier alpha value is -8.08. The number of allylic oxidation sites excluding steroid dienone is 3. The third-order valence-electron chi connectivity index (χ3n) is 14.3. The smallest absolute Gasteiger partial charge is 0.235 e. The van der Waals surface area contributed by atoms with Crippen LogP contribution in [0.15, 0.2) is 212 Å². The average molecular weight is 847 g/mol. The lowest BCUT2D eigenvalue weighted by molar-refractivity contribution is 0.629. The second-order valence-electron chi connectivity index (χ2n) is 18.6. The van der Waals surface area contributed by atoms with Crippen LogP contribution in [0.1, 0.15) is 38.3 Å². The Kier molecular flexibility index (Phi) is 8.57. The van der Waals surface area contributed by atoms with E-state index in [-0.39, 0.29) is 5.41 Å². The van der Waals surface area contributed by atoms with Crippen LogP contribution in [0, 0.1) is 5.92 Å². The highest BCUT2D eigenvalue weighted by Gasteiger charge is 2.37. The van der Waals surface area contributed by atoms with Gasteiger partial charge in [-0.15, -0.1) is 0 Å². The van der Waals surface area contributed by atoms with E-state index >= 15 is 0 Å². The van der Waals surface area contributed by atoms with E-state index < -0.39 is 0 Å². The number of hydrogen-bond acceptors (Lipinski definition) is 3. The number of hydrogen-bond donors (Lipinski definition) is 0. The minimum absolute atomic E-state index is 0.189. The molecular formula is C62H46N4. The van der Waals surface area contributed by atoms with Gasteiger partial charge in [0.1, 0.15) is 0 Å². The lowest BCUT2D eigenvalue weighted by Gasteiger charge is -2.43. The first kappa shape index (κ1) is 38.4. The van der Waals surface area contributed by atoms with Crippen molar-refractivity contribution in [3.8, 4) is 39.5 Å². The Morgan fingerprint density at radius 3 is 2.02 bits per heavy atom. The molecule has 9 aromatic carbocycles. The van der Waals surface area contributed by atoms with Crippen LogP contribution in [0.5, 0.6) is 0 Å². The first-order valence-corrected chi connectivity index (χ1v) is 23.1. The largest absolute Gasteiger partial charge is 0.310 e. The van der Waals surface area contributed by atoms with Crippen molar-refractivity contribution in [3.63, 3.8) is 0 Å². The van der Waals surface area contributed by atoms with Crippen LogP contribution in [0.4, 0.5) is 11.4 Å². The molecule has 1 aliphatic heterocycles. The van der Waals surface area contributed by atoms with Crippen molar-refractivity contribution in [3.05, 3.63) is 223 Å². The van der Waals surface area contributed by atoms with E-state index in [0.29, 0.717) is 11.9 Å². The SMILES string of the molecule is CC1C=C(N2c3ccccc3C(C)(C)c3ccc(-c4cccc5c4c4c6ccccc6ccc4n5-c4nc(-c5ccc(-c6cccc7ccccc67)cc5)c5ccccc5n4)cc32)C=CC1. The average Bonchev–Trinajstić information content (AvgIpc) is 3.71. The maximum absolute atomic E-state index is 5.54. The van der Waals surface area contributed by atoms with Gasteiger partial charge in [-0.05, 0) is 104 Å². The summed E-state index contributed by atoms with van der Waals surface area (Å²) in [4.78, 5) is 13.4. The molecule has 0 N–H and O–H groups in total. The van der Waals surface area contributed by atoms with Crippen LogP contribution in [-0.4, -0.2) is 14.5 Å². The molecule has 0 spiro atoms. The van der Waals surface area contributed by atoms with Crippen molar-refractivity contribution >= 4 is 65.6 Å². The van der Waals surface area contributed by atoms with Gasteiger partial charge in [-0.25, -0.2) is 9.97 Å². The fourth-order valence-electron chi connectivity index (χ4n) is 11.1. The van der Waals surface area contributed by atoms with Crippen molar-refractivity contribution in [1.29, 1.82) is 0 Å². The number of anilines is 2. The van der Waals surface area contributed by atoms with Crippen LogP contribution in [0.3, 0.4) is 0 Å². The molecule has 66 heavy (non-hydrogen) atoms. The quantitative estimate of drug-likeness (QED) is 0.173. The molecule has 0 radical (unpaired) electrons. The fraction of sp³-hybridized carbons (Fsp3) is 0.0968. The van der Waals surface area contributed by atoms with Crippen molar-refractivity contribution in [1.82, 2.24) is 14.5 Å². The molecule has 4 heteroatoms. The predicted octanol–water partition coefficient (Wildman–Crippen LogP) is 16.3. The zero-order chi connectivity index (χ0) is 44.1. The van der Waals surface area contributed by atoms with E-state index in [0.717, 1.165) is 39.6 Å². The summed E-state index contributed by atoms with van der Waals surface area (Å²) in [5.74, 6) is 1.11. The highest BCUT2D eigenvalue weighted by molar-refractivity contribution is 6.25. The van der Waals surface area contributed by atoms with E-state index in [1.54, 1.807) is 0 Å². The van der Waals surface area contributed by atoms with Gasteiger partial charge in [-0.1, -0.05) is 191 Å². The van der Waals surface area contributed by atoms with E-state index in [1.165, 1.54) is 82.8 Å². The van der Waals surface area contributed by atoms with Crippen LogP contribution in [0.2, 0.25) is 0 Å². The molecule has 4 nitrogen and oxygen atoms in total. The van der Waals surface area contributed by atoms with E-state index in [1.807, 2.05) is 0 Å². The molecule has 13 rings (SSSR count). The Bertz CT molecular complexity index is 3840. The summed E-state index contributed by atoms with van der Waals surface area (Å²) in [6, 6.07) is 68.5. The van der Waals surface area contributed by atoms with Gasteiger partial charge >= 0.3 is 0 Å². The first-order valence-electron chi connectivity index (χ1n) is 23.1. The van der Waals surface area contributed by atoms with Gasteiger partial charge in [0, 0.05) is 32.8 Å². The van der Waals surface area contributed by atoms with Crippen molar-refractivity contribution in [2.75, 3.05) is 4.90 Å². The molecule has 1 unspecified atom stereocenters. The Morgan fingerprint density at radius 2 is 1.17 bits per heavy atom. The van der Waals surface area contributed by atoms with Gasteiger partial charge in [-0.2, -0.15) is 0 Å². The summed E-state index contributed by atoms with van der Waals surface area (Å²) in [5, 5.41) is 8.29. The minimum atomic E-state index is -0.189. The van der Waals surface area contributed by atoms with Gasteiger partial charge in [0.2, 0.25) is 5.95 Å². The molecule has 314 valence electrons. The summed E-state index contributed by atoms with van der Waals surface area (Å²) in [5.41, 5.74) is 15.9. The number of nitrogens with zero attached hydrogens (tertiary/aromatic N) is 4. The van der Waals surface area contributed by atoms with Crippen molar-refractivity contribution in [2.24, 2.45) is 5.92 Å². The standard InChI is InChI=1S/C62H46N4/c1-39-15-12-19-45(37-39)65-54-27-11-9-25-51(54)62(2,3)52-35-33-44(38-57(52)65)49-24-14-28-55-59(49)58-48-21-7-5-17-41(48)34-36-56(58)66(55)61-63-53-26-10-8-22-50(53)60(64-61)43-31-29-42(30-32-43)47-23-13-18-40-16-4-6-20-46(40)47/h4-14,16-39H,15H2,1-3H3. The molecular weight excluding hydrogens is 801 g/mol. The molecule has 11 aromatic rings. The van der Waals surface area contributed by atoms with Crippen molar-refractivity contribution in [2.45, 2.75) is 32.6 Å². The number of rotatable bonds is 5. The molecule has 2 aliphatic rings. The molecule has 0 fully saturated rings. The Labute approximate surface area is 384 Å². The van der Waals surface area contributed by atoms with E-state index in [2.05, 4.69) is 237 Å². The van der Waals surface area contributed by atoms with Gasteiger partial charge in [-0.3, -0.25) is 4.57 Å². The lowest BCUT2D eigenvalue weighted by Crippen LogP contribution is -2.32. The third-order valence-corrected chi connectivity index (χ3v) is 14.3. The fourth-order valence-corrected chi connectivity index (χ4v) is 11.1. The van der Waals surface area contributed by atoms with Gasteiger partial charge in [0.15, 0.2) is 0 Å². The summed E-state index contributed by atoms with van der Waals surface area (Å²) >= 11 is 0. The highest BCUT2D eigenvalue weighted by atomic mass is 15.2. The molecule has 1 atom stereocenters. The highest BCUT2D eigenvalue weighted by Crippen LogP contribution is 2.52. The van der Waals surface area contributed by atoms with E-state index in [4.69, 9.17) is 9.97 Å². The molecule has 0 bridgehead atoms. The van der Waals surface area contributed by atoms with Crippen LogP contribution in [0.25, 0.3) is 93.7 Å². The number of para-hydroxylation sites is 2. The number of fused-ring (bicyclic) bond motifs is 9. The number of aromatic nitrogens is 3. The summed E-state index contributed by atoms with van der Waals surface area (Å²) in [6.45, 7) is 7.05. The molecule has 1 aliphatic carbocycles. The van der Waals surface area contributed by atoms with Crippen LogP contribution >= 0.6 is 0 Å². The maximum atomic E-state index is 5.54.